The molecule has 1 aliphatic rings. The predicted octanol–water partition coefficient (Wildman–Crippen LogP) is 0.872. The highest BCUT2D eigenvalue weighted by molar-refractivity contribution is 5.72. The number of aromatic nitrogens is 3. The molecular formula is C12H18N4O4. The highest BCUT2D eigenvalue weighted by Crippen LogP contribution is 2.21. The van der Waals surface area contributed by atoms with Crippen LogP contribution in [0.3, 0.4) is 0 Å². The summed E-state index contributed by atoms with van der Waals surface area (Å²) in [6.07, 6.45) is 0.867. The van der Waals surface area contributed by atoms with Crippen molar-refractivity contribution >= 4 is 12.1 Å². The van der Waals surface area contributed by atoms with Crippen LogP contribution >= 0.6 is 0 Å². The quantitative estimate of drug-likeness (QED) is 0.864. The molecule has 1 aliphatic heterocycles. The van der Waals surface area contributed by atoms with E-state index in [-0.39, 0.29) is 13.0 Å². The molecule has 0 aromatic carbocycles. The summed E-state index contributed by atoms with van der Waals surface area (Å²) in [6.45, 7) is 5.86. The van der Waals surface area contributed by atoms with Gasteiger partial charge in [-0.1, -0.05) is 0 Å². The van der Waals surface area contributed by atoms with Gasteiger partial charge in [-0.2, -0.15) is 0 Å². The van der Waals surface area contributed by atoms with Gasteiger partial charge in [0.1, 0.15) is 11.9 Å². The molecule has 1 N–H and O–H groups in total. The van der Waals surface area contributed by atoms with Crippen molar-refractivity contribution in [1.29, 1.82) is 0 Å². The lowest BCUT2D eigenvalue weighted by atomic mass is 10.1. The van der Waals surface area contributed by atoms with Crippen molar-refractivity contribution in [3.05, 3.63) is 12.2 Å². The molecule has 1 unspecified atom stereocenters. The summed E-state index contributed by atoms with van der Waals surface area (Å²) in [5, 5.41) is 16.7. The second kappa shape index (κ2) is 5.10. The van der Waals surface area contributed by atoms with Crippen LogP contribution < -0.4 is 0 Å². The van der Waals surface area contributed by atoms with Gasteiger partial charge >= 0.3 is 12.1 Å². The maximum absolute atomic E-state index is 12.2. The van der Waals surface area contributed by atoms with Crippen LogP contribution in [-0.4, -0.2) is 48.5 Å². The third kappa shape index (κ3) is 3.25. The van der Waals surface area contributed by atoms with Crippen LogP contribution in [0.1, 0.15) is 33.0 Å². The monoisotopic (exact) mass is 282 g/mol. The molecule has 1 aromatic heterocycles. The lowest BCUT2D eigenvalue weighted by Crippen LogP contribution is -2.49. The number of carboxylic acid groups (broad SMARTS) is 1. The highest BCUT2D eigenvalue weighted by atomic mass is 16.6. The number of carboxylic acids is 1. The van der Waals surface area contributed by atoms with Crippen molar-refractivity contribution in [3.63, 3.8) is 0 Å². The van der Waals surface area contributed by atoms with Crippen molar-refractivity contribution in [3.8, 4) is 0 Å². The van der Waals surface area contributed by atoms with Gasteiger partial charge < -0.3 is 14.4 Å². The average Bonchev–Trinajstić information content (AvgIpc) is 2.71. The molecule has 0 radical (unpaired) electrons. The van der Waals surface area contributed by atoms with Gasteiger partial charge in [-0.05, 0) is 20.8 Å². The smallest absolute Gasteiger partial charge is 0.411 e. The number of hydrogen-bond donors (Lipinski definition) is 1. The maximum atomic E-state index is 12.2. The molecule has 110 valence electrons. The van der Waals surface area contributed by atoms with E-state index in [1.165, 1.54) is 11.2 Å². The first-order chi connectivity index (χ1) is 9.26. The lowest BCUT2D eigenvalue weighted by molar-refractivity contribution is -0.138. The van der Waals surface area contributed by atoms with Crippen LogP contribution in [0.4, 0.5) is 4.79 Å². The summed E-state index contributed by atoms with van der Waals surface area (Å²) in [4.78, 5) is 24.5. The first-order valence-electron chi connectivity index (χ1n) is 6.34. The average molecular weight is 282 g/mol. The molecule has 0 saturated heterocycles. The van der Waals surface area contributed by atoms with E-state index in [0.29, 0.717) is 12.4 Å². The largest absolute Gasteiger partial charge is 0.481 e. The van der Waals surface area contributed by atoms with E-state index in [2.05, 4.69) is 10.2 Å². The predicted molar refractivity (Wildman–Crippen MR) is 67.8 cm³/mol. The molecule has 0 bridgehead atoms. The Morgan fingerprint density at radius 2 is 2.20 bits per heavy atom. The number of aliphatic carboxylic acids is 1. The van der Waals surface area contributed by atoms with Gasteiger partial charge in [0.15, 0.2) is 5.82 Å². The number of rotatable bonds is 2. The third-order valence-electron chi connectivity index (χ3n) is 2.89. The van der Waals surface area contributed by atoms with Gasteiger partial charge in [0, 0.05) is 6.54 Å². The molecule has 0 fully saturated rings. The Morgan fingerprint density at radius 1 is 1.50 bits per heavy atom. The molecule has 2 heterocycles. The molecule has 0 saturated carbocycles. The van der Waals surface area contributed by atoms with Gasteiger partial charge in [0.05, 0.1) is 19.0 Å². The Morgan fingerprint density at radius 3 is 2.80 bits per heavy atom. The fourth-order valence-electron chi connectivity index (χ4n) is 2.07. The Bertz CT molecular complexity index is 520. The minimum Gasteiger partial charge on any atom is -0.481 e. The van der Waals surface area contributed by atoms with Crippen LogP contribution in [0.5, 0.6) is 0 Å². The molecule has 1 amide bonds. The zero-order valence-corrected chi connectivity index (χ0v) is 11.7. The molecule has 1 aromatic rings. The molecule has 8 nitrogen and oxygen atoms in total. The Kier molecular flexibility index (Phi) is 3.65. The van der Waals surface area contributed by atoms with Gasteiger partial charge in [0.2, 0.25) is 0 Å². The number of carbonyl (C=O) groups excluding carboxylic acids is 1. The van der Waals surface area contributed by atoms with Crippen molar-refractivity contribution in [2.75, 3.05) is 0 Å². The molecule has 0 spiro atoms. The topological polar surface area (TPSA) is 97.5 Å². The fraction of sp³-hybridized carbons (Fsp3) is 0.667. The number of fused-ring (bicyclic) bond motifs is 1. The van der Waals surface area contributed by atoms with Crippen LogP contribution in [0.2, 0.25) is 0 Å². The first-order valence-corrected chi connectivity index (χ1v) is 6.34. The number of nitrogens with zero attached hydrogens (tertiary/aromatic N) is 4. The number of ether oxygens (including phenoxy) is 1. The Balaban J connectivity index is 2.19. The summed E-state index contributed by atoms with van der Waals surface area (Å²) >= 11 is 0. The fourth-order valence-corrected chi connectivity index (χ4v) is 2.07. The van der Waals surface area contributed by atoms with Crippen LogP contribution in [0, 0.1) is 0 Å². The summed E-state index contributed by atoms with van der Waals surface area (Å²) in [5.74, 6) is -0.336. The van der Waals surface area contributed by atoms with Crippen LogP contribution in [0.15, 0.2) is 6.33 Å². The van der Waals surface area contributed by atoms with Crippen molar-refractivity contribution < 1.29 is 19.4 Å². The van der Waals surface area contributed by atoms with Gasteiger partial charge in [-0.25, -0.2) is 4.79 Å². The van der Waals surface area contributed by atoms with E-state index in [9.17, 15) is 9.59 Å². The second-order valence-electron chi connectivity index (χ2n) is 5.76. The minimum atomic E-state index is -0.958. The van der Waals surface area contributed by atoms with E-state index in [1.54, 1.807) is 25.3 Å². The first kappa shape index (κ1) is 14.3. The van der Waals surface area contributed by atoms with E-state index >= 15 is 0 Å². The summed E-state index contributed by atoms with van der Waals surface area (Å²) < 4.78 is 7.08. The molecular weight excluding hydrogens is 264 g/mol. The van der Waals surface area contributed by atoms with Gasteiger partial charge in [0.25, 0.3) is 0 Å². The Hall–Kier alpha value is -2.12. The van der Waals surface area contributed by atoms with E-state index < -0.39 is 23.7 Å². The highest BCUT2D eigenvalue weighted by Gasteiger charge is 2.34. The molecule has 0 aliphatic carbocycles. The number of carbonyl (C=O) groups is 2. The summed E-state index contributed by atoms with van der Waals surface area (Å²) in [7, 11) is 0. The number of hydrogen-bond acceptors (Lipinski definition) is 5. The SMILES string of the molecule is CC(C)(C)OC(=O)N1Cc2nncn2CC1CC(=O)O. The van der Waals surface area contributed by atoms with Crippen LogP contribution in [0.25, 0.3) is 0 Å². The lowest BCUT2D eigenvalue weighted by Gasteiger charge is -2.35. The van der Waals surface area contributed by atoms with Crippen molar-refractivity contribution in [2.24, 2.45) is 0 Å². The minimum absolute atomic E-state index is 0.142. The van der Waals surface area contributed by atoms with E-state index in [4.69, 9.17) is 9.84 Å². The normalized spacial score (nSPS) is 18.6. The second-order valence-corrected chi connectivity index (χ2v) is 5.76. The zero-order chi connectivity index (χ0) is 14.9. The van der Waals surface area contributed by atoms with Crippen molar-refractivity contribution in [2.45, 2.75) is 51.9 Å². The molecule has 20 heavy (non-hydrogen) atoms. The maximum Gasteiger partial charge on any atom is 0.411 e. The third-order valence-corrected chi connectivity index (χ3v) is 2.89. The molecule has 8 heteroatoms. The van der Waals surface area contributed by atoms with Gasteiger partial charge in [-0.15, -0.1) is 10.2 Å². The van der Waals surface area contributed by atoms with E-state index in [1.807, 2.05) is 0 Å². The standard InChI is InChI=1S/C12H18N4O4/c1-12(2,3)20-11(19)16-6-9-14-13-7-15(9)5-8(16)4-10(17)18/h7-8H,4-6H2,1-3H3,(H,17,18). The summed E-state index contributed by atoms with van der Waals surface area (Å²) in [6, 6.07) is -0.467. The van der Waals surface area contributed by atoms with Gasteiger partial charge in [-0.3, -0.25) is 9.69 Å². The van der Waals surface area contributed by atoms with Crippen molar-refractivity contribution in [1.82, 2.24) is 19.7 Å². The zero-order valence-electron chi connectivity index (χ0n) is 11.7. The molecule has 1 atom stereocenters. The number of amides is 1. The summed E-state index contributed by atoms with van der Waals surface area (Å²) in [5.41, 5.74) is -0.629. The Labute approximate surface area is 116 Å². The van der Waals surface area contributed by atoms with E-state index in [0.717, 1.165) is 0 Å². The molecule has 2 rings (SSSR count). The van der Waals surface area contributed by atoms with Crippen LogP contribution in [-0.2, 0) is 22.6 Å².